The van der Waals surface area contributed by atoms with Gasteiger partial charge in [-0.25, -0.2) is 4.21 Å². The van der Waals surface area contributed by atoms with Crippen molar-refractivity contribution in [2.24, 2.45) is 22.1 Å². The molecule has 8 rings (SSSR count). The summed E-state index contributed by atoms with van der Waals surface area (Å²) in [6, 6.07) is 11.8. The maximum absolute atomic E-state index is 14.7. The van der Waals surface area contributed by atoms with Gasteiger partial charge in [0.15, 0.2) is 0 Å². The molecule has 3 heterocycles. The standard InChI is InChI=1S/C40H48ClN5O6S/c1-25-6-4-8-35(50-2)31-14-9-28(31)20-45-23-40(17-5-7-26-18-29(41)11-15-33(26)40)24-52-36-16-10-27(19-34(36)45)37(47)43-53(49,22-25)44-38(48)32-21-46(30-12-13-30)42-39(32)51-3/h4,8,10-11,15-16,18-19,21,25,28,30-31,35H,5-7,9,12-14,17,20,22-24H2,1-3H3,(H,43,44,47,48,49)/b8-4-/t25-,28-,31+,35-,40-,53?/m0/s1. The van der Waals surface area contributed by atoms with E-state index in [1.165, 1.54) is 18.2 Å². The number of fused-ring (bicyclic) bond motifs is 4. The molecule has 1 unspecified atom stereocenters. The molecule has 1 N–H and O–H groups in total. The molecule has 6 atom stereocenters. The number of aryl methyl sites for hydroxylation is 1. The van der Waals surface area contributed by atoms with E-state index in [0.717, 1.165) is 62.2 Å². The van der Waals surface area contributed by atoms with E-state index in [0.29, 0.717) is 37.2 Å². The van der Waals surface area contributed by atoms with Gasteiger partial charge in [0.05, 0.1) is 37.3 Å². The first-order valence-corrected chi connectivity index (χ1v) is 20.9. The van der Waals surface area contributed by atoms with Crippen LogP contribution in [0, 0.1) is 17.8 Å². The summed E-state index contributed by atoms with van der Waals surface area (Å²) in [6.07, 6.45) is 13.4. The van der Waals surface area contributed by atoms with E-state index in [1.54, 1.807) is 24.1 Å². The molecule has 1 spiro atoms. The summed E-state index contributed by atoms with van der Waals surface area (Å²) in [4.78, 5) is 30.2. The molecule has 5 aliphatic rings. The Labute approximate surface area is 316 Å². The van der Waals surface area contributed by atoms with Gasteiger partial charge in [0.25, 0.3) is 11.8 Å². The Morgan fingerprint density at radius 3 is 2.74 bits per heavy atom. The van der Waals surface area contributed by atoms with Crippen molar-refractivity contribution in [3.8, 4) is 11.6 Å². The quantitative estimate of drug-likeness (QED) is 0.278. The van der Waals surface area contributed by atoms with Gasteiger partial charge in [-0.3, -0.25) is 19.0 Å². The fourth-order valence-corrected chi connectivity index (χ4v) is 10.9. The first-order chi connectivity index (χ1) is 25.6. The Morgan fingerprint density at radius 2 is 1.98 bits per heavy atom. The van der Waals surface area contributed by atoms with Gasteiger partial charge in [-0.2, -0.15) is 0 Å². The minimum absolute atomic E-state index is 0.0241. The molecule has 1 aromatic heterocycles. The Morgan fingerprint density at radius 1 is 1.13 bits per heavy atom. The normalized spacial score (nSPS) is 30.5. The number of amides is 2. The summed E-state index contributed by atoms with van der Waals surface area (Å²) in [5.41, 5.74) is 3.51. The van der Waals surface area contributed by atoms with Crippen LogP contribution in [0.2, 0.25) is 5.02 Å². The third kappa shape index (κ3) is 7.22. The van der Waals surface area contributed by atoms with Crippen LogP contribution < -0.4 is 19.1 Å². The molecular formula is C40H48ClN5O6S. The summed E-state index contributed by atoms with van der Waals surface area (Å²) >= 11 is 6.47. The van der Waals surface area contributed by atoms with Crippen molar-refractivity contribution in [1.82, 2.24) is 14.5 Å². The predicted molar refractivity (Wildman–Crippen MR) is 204 cm³/mol. The number of benzene rings is 2. The average molecular weight is 762 g/mol. The smallest absolute Gasteiger partial charge is 0.286 e. The molecular weight excluding hydrogens is 714 g/mol. The van der Waals surface area contributed by atoms with E-state index in [1.807, 2.05) is 25.1 Å². The molecule has 53 heavy (non-hydrogen) atoms. The number of methoxy groups -OCH3 is 2. The van der Waals surface area contributed by atoms with Gasteiger partial charge in [-0.05, 0) is 111 Å². The highest BCUT2D eigenvalue weighted by molar-refractivity contribution is 7.92. The number of carbonyl (C=O) groups is 2. The number of ether oxygens (including phenoxy) is 3. The summed E-state index contributed by atoms with van der Waals surface area (Å²) in [5.74, 6) is 0.0385. The van der Waals surface area contributed by atoms with Crippen LogP contribution in [0.5, 0.6) is 11.6 Å². The monoisotopic (exact) mass is 761 g/mol. The highest BCUT2D eigenvalue weighted by Gasteiger charge is 2.44. The number of anilines is 1. The molecule has 282 valence electrons. The van der Waals surface area contributed by atoms with E-state index in [2.05, 4.69) is 43.4 Å². The lowest BCUT2D eigenvalue weighted by atomic mass is 9.68. The first kappa shape index (κ1) is 36.1. The minimum atomic E-state index is -3.60. The number of hydrogen-bond acceptors (Lipinski definition) is 8. The van der Waals surface area contributed by atoms with Crippen LogP contribution in [-0.4, -0.2) is 71.6 Å². The Kier molecular flexibility index (Phi) is 9.82. The minimum Gasteiger partial charge on any atom is -0.490 e. The van der Waals surface area contributed by atoms with Crippen LogP contribution in [0.3, 0.4) is 0 Å². The van der Waals surface area contributed by atoms with Crippen molar-refractivity contribution in [2.45, 2.75) is 75.9 Å². The number of halogens is 1. The van der Waals surface area contributed by atoms with Crippen LogP contribution >= 0.6 is 11.6 Å². The maximum atomic E-state index is 14.7. The third-order valence-corrected chi connectivity index (χ3v) is 14.0. The molecule has 3 aliphatic carbocycles. The van der Waals surface area contributed by atoms with Crippen LogP contribution in [0.1, 0.15) is 89.8 Å². The predicted octanol–water partition coefficient (Wildman–Crippen LogP) is 6.94. The van der Waals surface area contributed by atoms with E-state index in [4.69, 9.17) is 25.8 Å². The lowest BCUT2D eigenvalue weighted by molar-refractivity contribution is 0.0131. The molecule has 2 aromatic carbocycles. The number of nitrogens with one attached hydrogen (secondary N) is 1. The van der Waals surface area contributed by atoms with Crippen LogP contribution in [-0.2, 0) is 26.5 Å². The molecule has 2 bridgehead atoms. The summed E-state index contributed by atoms with van der Waals surface area (Å²) in [7, 11) is -0.391. The second-order valence-corrected chi connectivity index (χ2v) is 18.1. The fourth-order valence-electron chi connectivity index (χ4n) is 8.77. The molecule has 11 nitrogen and oxygen atoms in total. The Balaban J connectivity index is 1.19. The molecule has 0 saturated heterocycles. The van der Waals surface area contributed by atoms with Crippen molar-refractivity contribution in [3.63, 3.8) is 0 Å². The molecule has 2 amide bonds. The van der Waals surface area contributed by atoms with Crippen molar-refractivity contribution in [3.05, 3.63) is 82.0 Å². The molecule has 13 heteroatoms. The second kappa shape index (κ2) is 14.4. The SMILES string of the molecule is COc1nn(C2CC2)cc1C(=O)NS1(=O)=NC(=O)c2ccc3c(c2)N(C[C@@H]2CC[C@H]2[C@@H](OC)/C=C\C[C@H](C)C1)C[C@@]1(CCCc2cc(Cl)ccc21)CO3. The molecule has 0 radical (unpaired) electrons. The zero-order valence-electron chi connectivity index (χ0n) is 30.6. The largest absolute Gasteiger partial charge is 0.490 e. The summed E-state index contributed by atoms with van der Waals surface area (Å²) in [6.45, 7) is 3.93. The number of aromatic nitrogens is 2. The Hall–Kier alpha value is -3.87. The van der Waals surface area contributed by atoms with Gasteiger partial charge in [0, 0.05) is 42.4 Å². The highest BCUT2D eigenvalue weighted by atomic mass is 35.5. The molecule has 2 saturated carbocycles. The number of hydrogen-bond donors (Lipinski definition) is 1. The van der Waals surface area contributed by atoms with Crippen LogP contribution in [0.15, 0.2) is 59.1 Å². The molecule has 2 fully saturated rings. The lowest BCUT2D eigenvalue weighted by Gasteiger charge is -2.46. The molecule has 2 aliphatic heterocycles. The lowest BCUT2D eigenvalue weighted by Crippen LogP contribution is -2.49. The second-order valence-electron chi connectivity index (χ2n) is 15.7. The van der Waals surface area contributed by atoms with Crippen molar-refractivity contribution < 1.29 is 28.0 Å². The van der Waals surface area contributed by atoms with Gasteiger partial charge in [0.1, 0.15) is 21.2 Å². The van der Waals surface area contributed by atoms with Crippen molar-refractivity contribution in [2.75, 3.05) is 44.6 Å². The molecule has 3 aromatic rings. The van der Waals surface area contributed by atoms with Crippen molar-refractivity contribution >= 4 is 39.0 Å². The fraction of sp³-hybridized carbons (Fsp3) is 0.525. The number of rotatable bonds is 5. The Bertz CT molecular complexity index is 2070. The first-order valence-electron chi connectivity index (χ1n) is 18.8. The zero-order valence-corrected chi connectivity index (χ0v) is 32.2. The third-order valence-electron chi connectivity index (χ3n) is 11.8. The van der Waals surface area contributed by atoms with E-state index in [9.17, 15) is 13.8 Å². The number of carbonyl (C=O) groups excluding carboxylic acids is 2. The number of allylic oxidation sites excluding steroid dienone is 1. The maximum Gasteiger partial charge on any atom is 0.286 e. The van der Waals surface area contributed by atoms with Gasteiger partial charge in [-0.1, -0.05) is 36.7 Å². The van der Waals surface area contributed by atoms with Crippen LogP contribution in [0.25, 0.3) is 0 Å². The zero-order chi connectivity index (χ0) is 36.9. The summed E-state index contributed by atoms with van der Waals surface area (Å²) < 4.78 is 41.5. The van der Waals surface area contributed by atoms with Crippen molar-refractivity contribution in [1.29, 1.82) is 0 Å². The van der Waals surface area contributed by atoms with Gasteiger partial charge in [0.2, 0.25) is 5.88 Å². The van der Waals surface area contributed by atoms with Crippen LogP contribution in [0.4, 0.5) is 5.69 Å². The van der Waals surface area contributed by atoms with Gasteiger partial charge < -0.3 is 19.1 Å². The summed E-state index contributed by atoms with van der Waals surface area (Å²) in [5, 5.41) is 5.15. The number of nitrogens with zero attached hydrogens (tertiary/aromatic N) is 4. The highest BCUT2D eigenvalue weighted by Crippen LogP contribution is 2.47. The van der Waals surface area contributed by atoms with Gasteiger partial charge in [-0.15, -0.1) is 9.46 Å². The topological polar surface area (TPSA) is 124 Å². The van der Waals surface area contributed by atoms with E-state index >= 15 is 0 Å². The average Bonchev–Trinajstić information content (AvgIpc) is 3.90. The van der Waals surface area contributed by atoms with E-state index < -0.39 is 21.7 Å². The van der Waals surface area contributed by atoms with E-state index in [-0.39, 0.29) is 46.2 Å². The van der Waals surface area contributed by atoms with Gasteiger partial charge >= 0.3 is 0 Å².